The van der Waals surface area contributed by atoms with Crippen LogP contribution in [0.5, 0.6) is 0 Å². The third-order valence-electron chi connectivity index (χ3n) is 3.23. The molecule has 0 aromatic heterocycles. The fourth-order valence-electron chi connectivity index (χ4n) is 2.01. The Morgan fingerprint density at radius 3 is 2.33 bits per heavy atom. The predicted octanol–water partition coefficient (Wildman–Crippen LogP) is 2.13. The van der Waals surface area contributed by atoms with Gasteiger partial charge in [0.15, 0.2) is 0 Å². The van der Waals surface area contributed by atoms with Gasteiger partial charge in [0.2, 0.25) is 0 Å². The van der Waals surface area contributed by atoms with Gasteiger partial charge in [-0.15, -0.1) is 0 Å². The van der Waals surface area contributed by atoms with Crippen molar-refractivity contribution in [3.8, 4) is 0 Å². The smallest absolute Gasteiger partial charge is 0.264 e. The van der Waals surface area contributed by atoms with Crippen LogP contribution in [-0.4, -0.2) is 30.0 Å². The molecule has 70 valence electrons. The van der Waals surface area contributed by atoms with E-state index < -0.39 is 11.8 Å². The number of alkyl halides is 2. The first-order valence-electron chi connectivity index (χ1n) is 4.71. The monoisotopic (exact) mass is 175 g/mol. The lowest BCUT2D eigenvalue weighted by Gasteiger charge is -2.34. The van der Waals surface area contributed by atoms with E-state index in [1.54, 1.807) is 6.92 Å². The van der Waals surface area contributed by atoms with E-state index in [-0.39, 0.29) is 6.54 Å². The number of likely N-dealkylation sites (tertiary alicyclic amines) is 1. The van der Waals surface area contributed by atoms with Gasteiger partial charge >= 0.3 is 0 Å². The van der Waals surface area contributed by atoms with E-state index in [9.17, 15) is 8.78 Å². The van der Waals surface area contributed by atoms with Gasteiger partial charge in [-0.2, -0.15) is 0 Å². The lowest BCUT2D eigenvalue weighted by molar-refractivity contribution is -0.0255. The maximum absolute atomic E-state index is 13.1. The molecule has 0 amide bonds. The third kappa shape index (κ3) is 1.24. The standard InChI is InChI=1S/C9H15F2N/c1-7-5-12(6-9(7,10)11)8-3-2-4-8/h7-8H,2-6H2,1H3. The minimum absolute atomic E-state index is 0.00116. The average Bonchev–Trinajstić information content (AvgIpc) is 2.02. The van der Waals surface area contributed by atoms with E-state index in [4.69, 9.17) is 0 Å². The van der Waals surface area contributed by atoms with Crippen LogP contribution in [0.3, 0.4) is 0 Å². The Morgan fingerprint density at radius 1 is 1.33 bits per heavy atom. The summed E-state index contributed by atoms with van der Waals surface area (Å²) in [5.74, 6) is -2.88. The van der Waals surface area contributed by atoms with Gasteiger partial charge in [0.1, 0.15) is 0 Å². The van der Waals surface area contributed by atoms with Gasteiger partial charge in [-0.1, -0.05) is 13.3 Å². The van der Waals surface area contributed by atoms with Gasteiger partial charge in [0, 0.05) is 18.5 Å². The lowest BCUT2D eigenvalue weighted by atomic mass is 9.92. The van der Waals surface area contributed by atoms with Crippen LogP contribution in [0, 0.1) is 5.92 Å². The molecule has 1 saturated carbocycles. The summed E-state index contributed by atoms with van der Waals surface area (Å²) in [6.07, 6.45) is 3.48. The zero-order valence-electron chi connectivity index (χ0n) is 7.39. The molecule has 0 aromatic carbocycles. The minimum Gasteiger partial charge on any atom is -0.294 e. The normalized spacial score (nSPS) is 36.8. The maximum atomic E-state index is 13.1. The van der Waals surface area contributed by atoms with Crippen molar-refractivity contribution in [2.24, 2.45) is 5.92 Å². The van der Waals surface area contributed by atoms with Crippen molar-refractivity contribution in [3.05, 3.63) is 0 Å². The number of halogens is 2. The highest BCUT2D eigenvalue weighted by molar-refractivity contribution is 4.93. The van der Waals surface area contributed by atoms with Crippen molar-refractivity contribution in [2.45, 2.75) is 38.2 Å². The van der Waals surface area contributed by atoms with Crippen molar-refractivity contribution < 1.29 is 8.78 Å². The highest BCUT2D eigenvalue weighted by Gasteiger charge is 2.47. The van der Waals surface area contributed by atoms with Crippen molar-refractivity contribution in [3.63, 3.8) is 0 Å². The Kier molecular flexibility index (Phi) is 1.86. The molecule has 1 aliphatic carbocycles. The SMILES string of the molecule is CC1CN(C2CCC2)CC1(F)F. The first-order valence-corrected chi connectivity index (χ1v) is 4.71. The predicted molar refractivity (Wildman–Crippen MR) is 43.3 cm³/mol. The summed E-state index contributed by atoms with van der Waals surface area (Å²) in [6.45, 7) is 2.25. The van der Waals surface area contributed by atoms with E-state index in [0.29, 0.717) is 12.6 Å². The molecule has 1 heterocycles. The quantitative estimate of drug-likeness (QED) is 0.590. The minimum atomic E-state index is -2.43. The van der Waals surface area contributed by atoms with E-state index in [0.717, 1.165) is 12.8 Å². The van der Waals surface area contributed by atoms with Gasteiger partial charge in [-0.3, -0.25) is 4.90 Å². The highest BCUT2D eigenvalue weighted by atomic mass is 19.3. The molecular weight excluding hydrogens is 160 g/mol. The van der Waals surface area contributed by atoms with E-state index in [1.807, 2.05) is 4.90 Å². The zero-order chi connectivity index (χ0) is 8.77. The zero-order valence-corrected chi connectivity index (χ0v) is 7.39. The molecule has 0 N–H and O–H groups in total. The molecule has 1 aliphatic heterocycles. The van der Waals surface area contributed by atoms with Gasteiger partial charge < -0.3 is 0 Å². The molecule has 0 radical (unpaired) electrons. The molecular formula is C9H15F2N. The van der Waals surface area contributed by atoms with Crippen LogP contribution in [0.1, 0.15) is 26.2 Å². The first-order chi connectivity index (χ1) is 5.59. The van der Waals surface area contributed by atoms with Gasteiger partial charge in [-0.25, -0.2) is 8.78 Å². The molecule has 1 atom stereocenters. The van der Waals surface area contributed by atoms with Crippen molar-refractivity contribution in [1.29, 1.82) is 0 Å². The maximum Gasteiger partial charge on any atom is 0.264 e. The van der Waals surface area contributed by atoms with Gasteiger partial charge in [0.25, 0.3) is 5.92 Å². The van der Waals surface area contributed by atoms with Crippen LogP contribution < -0.4 is 0 Å². The van der Waals surface area contributed by atoms with E-state index in [1.165, 1.54) is 6.42 Å². The van der Waals surface area contributed by atoms with Crippen LogP contribution in [-0.2, 0) is 0 Å². The second kappa shape index (κ2) is 2.66. The molecule has 0 bridgehead atoms. The molecule has 12 heavy (non-hydrogen) atoms. The number of hydrogen-bond acceptors (Lipinski definition) is 1. The van der Waals surface area contributed by atoms with E-state index in [2.05, 4.69) is 0 Å². The summed E-state index contributed by atoms with van der Waals surface area (Å²) < 4.78 is 26.1. The fraction of sp³-hybridized carbons (Fsp3) is 1.00. The van der Waals surface area contributed by atoms with Crippen molar-refractivity contribution in [1.82, 2.24) is 4.90 Å². The molecule has 2 aliphatic rings. The van der Waals surface area contributed by atoms with Crippen LogP contribution >= 0.6 is 0 Å². The second-order valence-electron chi connectivity index (χ2n) is 4.18. The lowest BCUT2D eigenvalue weighted by Crippen LogP contribution is -2.39. The Balaban J connectivity index is 1.95. The Morgan fingerprint density at radius 2 is 2.00 bits per heavy atom. The summed E-state index contributed by atoms with van der Waals surface area (Å²) in [7, 11) is 0. The molecule has 2 rings (SSSR count). The molecule has 0 aromatic rings. The van der Waals surface area contributed by atoms with Crippen LogP contribution in [0.15, 0.2) is 0 Å². The van der Waals surface area contributed by atoms with Gasteiger partial charge in [-0.05, 0) is 12.8 Å². The van der Waals surface area contributed by atoms with Crippen LogP contribution in [0.25, 0.3) is 0 Å². The fourth-order valence-corrected chi connectivity index (χ4v) is 2.01. The largest absolute Gasteiger partial charge is 0.294 e. The number of rotatable bonds is 1. The van der Waals surface area contributed by atoms with Crippen LogP contribution in [0.4, 0.5) is 8.78 Å². The summed E-state index contributed by atoms with van der Waals surface area (Å²) in [6, 6.07) is 0.473. The average molecular weight is 175 g/mol. The van der Waals surface area contributed by atoms with Gasteiger partial charge in [0.05, 0.1) is 6.54 Å². The first kappa shape index (κ1) is 8.42. The molecule has 2 fully saturated rings. The topological polar surface area (TPSA) is 3.24 Å². The Hall–Kier alpha value is -0.180. The molecule has 1 saturated heterocycles. The highest BCUT2D eigenvalue weighted by Crippen LogP contribution is 2.37. The second-order valence-corrected chi connectivity index (χ2v) is 4.18. The summed E-state index contributed by atoms with van der Waals surface area (Å²) in [5.41, 5.74) is 0. The molecule has 0 spiro atoms. The molecule has 3 heteroatoms. The van der Waals surface area contributed by atoms with Crippen molar-refractivity contribution in [2.75, 3.05) is 13.1 Å². The summed E-state index contributed by atoms with van der Waals surface area (Å²) >= 11 is 0. The van der Waals surface area contributed by atoms with Crippen molar-refractivity contribution >= 4 is 0 Å². The summed E-state index contributed by atoms with van der Waals surface area (Å²) in [5, 5.41) is 0. The third-order valence-corrected chi connectivity index (χ3v) is 3.23. The summed E-state index contributed by atoms with van der Waals surface area (Å²) in [4.78, 5) is 1.97. The van der Waals surface area contributed by atoms with Crippen LogP contribution in [0.2, 0.25) is 0 Å². The Labute approximate surface area is 71.7 Å². The number of hydrogen-bond donors (Lipinski definition) is 0. The molecule has 1 unspecified atom stereocenters. The van der Waals surface area contributed by atoms with E-state index >= 15 is 0 Å². The number of nitrogens with zero attached hydrogens (tertiary/aromatic N) is 1. The Bertz CT molecular complexity index is 177. The molecule has 1 nitrogen and oxygen atoms in total.